The van der Waals surface area contributed by atoms with Crippen molar-refractivity contribution in [1.82, 2.24) is 19.7 Å². The van der Waals surface area contributed by atoms with Crippen molar-refractivity contribution < 1.29 is 9.34 Å². The highest BCUT2D eigenvalue weighted by molar-refractivity contribution is 7.99. The summed E-state index contributed by atoms with van der Waals surface area (Å²) in [4.78, 5) is 15.0. The Morgan fingerprint density at radius 2 is 2.03 bits per heavy atom. The lowest BCUT2D eigenvalue weighted by Crippen LogP contribution is -2.04. The predicted molar refractivity (Wildman–Crippen MR) is 108 cm³/mol. The lowest BCUT2D eigenvalue weighted by Gasteiger charge is -2.10. The SMILES string of the molecule is O=[N+]([O-])c1cccnc1Sc1nnc(-c2ccc(Cl)cc2Cl)n1Cc1ccco1. The zero-order valence-electron chi connectivity index (χ0n) is 14.5. The van der Waals surface area contributed by atoms with Crippen molar-refractivity contribution in [2.75, 3.05) is 0 Å². The summed E-state index contributed by atoms with van der Waals surface area (Å²) in [5.41, 5.74) is 0.508. The maximum atomic E-state index is 11.3. The van der Waals surface area contributed by atoms with Crippen LogP contribution in [0.5, 0.6) is 0 Å². The molecule has 0 radical (unpaired) electrons. The van der Waals surface area contributed by atoms with Crippen LogP contribution in [0.4, 0.5) is 5.69 Å². The second-order valence-electron chi connectivity index (χ2n) is 5.78. The van der Waals surface area contributed by atoms with Gasteiger partial charge in [-0.05, 0) is 48.2 Å². The first-order valence-corrected chi connectivity index (χ1v) is 9.78. The lowest BCUT2D eigenvalue weighted by atomic mass is 10.2. The van der Waals surface area contributed by atoms with E-state index in [1.807, 2.05) is 6.07 Å². The highest BCUT2D eigenvalue weighted by atomic mass is 35.5. The molecule has 4 rings (SSSR count). The van der Waals surface area contributed by atoms with Crippen LogP contribution in [0.1, 0.15) is 5.76 Å². The summed E-state index contributed by atoms with van der Waals surface area (Å²) >= 11 is 13.4. The van der Waals surface area contributed by atoms with E-state index in [1.165, 1.54) is 18.3 Å². The smallest absolute Gasteiger partial charge is 0.301 e. The Kier molecular flexibility index (Phi) is 5.52. The first-order chi connectivity index (χ1) is 14.0. The van der Waals surface area contributed by atoms with E-state index in [1.54, 1.807) is 35.1 Å². The number of benzene rings is 1. The van der Waals surface area contributed by atoms with Crippen LogP contribution in [-0.2, 0) is 6.54 Å². The van der Waals surface area contributed by atoms with Crippen molar-refractivity contribution in [3.05, 3.63) is 80.8 Å². The van der Waals surface area contributed by atoms with Gasteiger partial charge in [-0.25, -0.2) is 4.98 Å². The average molecular weight is 448 g/mol. The number of hydrogen-bond donors (Lipinski definition) is 0. The maximum Gasteiger partial charge on any atom is 0.301 e. The van der Waals surface area contributed by atoms with Crippen LogP contribution in [0.25, 0.3) is 11.4 Å². The first-order valence-electron chi connectivity index (χ1n) is 8.21. The van der Waals surface area contributed by atoms with Gasteiger partial charge in [0.25, 0.3) is 0 Å². The summed E-state index contributed by atoms with van der Waals surface area (Å²) in [5, 5.41) is 21.3. The Morgan fingerprint density at radius 1 is 1.17 bits per heavy atom. The van der Waals surface area contributed by atoms with Crippen molar-refractivity contribution in [3.8, 4) is 11.4 Å². The molecule has 0 aliphatic heterocycles. The van der Waals surface area contributed by atoms with E-state index in [0.717, 1.165) is 11.8 Å². The molecule has 0 saturated heterocycles. The van der Waals surface area contributed by atoms with Crippen molar-refractivity contribution >= 4 is 40.7 Å². The first kappa shape index (κ1) is 19.4. The fraction of sp³-hybridized carbons (Fsp3) is 0.0556. The van der Waals surface area contributed by atoms with Crippen LogP contribution in [-0.4, -0.2) is 24.7 Å². The number of furan rings is 1. The summed E-state index contributed by atoms with van der Waals surface area (Å²) in [7, 11) is 0. The predicted octanol–water partition coefficient (Wildman–Crippen LogP) is 5.35. The third-order valence-corrected chi connectivity index (χ3v) is 5.46. The van der Waals surface area contributed by atoms with Gasteiger partial charge < -0.3 is 4.42 Å². The van der Waals surface area contributed by atoms with Gasteiger partial charge in [0, 0.05) is 22.8 Å². The van der Waals surface area contributed by atoms with E-state index < -0.39 is 4.92 Å². The molecule has 0 bridgehead atoms. The van der Waals surface area contributed by atoms with Gasteiger partial charge in [-0.3, -0.25) is 14.7 Å². The van der Waals surface area contributed by atoms with Gasteiger partial charge in [0.05, 0.1) is 22.8 Å². The number of halogens is 2. The molecule has 8 nitrogen and oxygen atoms in total. The molecule has 4 aromatic rings. The van der Waals surface area contributed by atoms with Gasteiger partial charge in [-0.15, -0.1) is 10.2 Å². The van der Waals surface area contributed by atoms with E-state index in [-0.39, 0.29) is 10.7 Å². The molecule has 0 aliphatic rings. The molecule has 0 saturated carbocycles. The van der Waals surface area contributed by atoms with E-state index in [9.17, 15) is 10.1 Å². The summed E-state index contributed by atoms with van der Waals surface area (Å²) < 4.78 is 7.21. The average Bonchev–Trinajstić information content (AvgIpc) is 3.34. The maximum absolute atomic E-state index is 11.3. The van der Waals surface area contributed by atoms with Crippen LogP contribution in [0.15, 0.2) is 69.5 Å². The molecule has 0 fully saturated rings. The van der Waals surface area contributed by atoms with Crippen molar-refractivity contribution in [1.29, 1.82) is 0 Å². The summed E-state index contributed by atoms with van der Waals surface area (Å²) in [6.45, 7) is 0.303. The molecule has 3 aromatic heterocycles. The Labute approximate surface area is 178 Å². The molecule has 0 unspecified atom stereocenters. The van der Waals surface area contributed by atoms with Gasteiger partial charge in [-0.2, -0.15) is 0 Å². The molecule has 0 aliphatic carbocycles. The van der Waals surface area contributed by atoms with Crippen molar-refractivity contribution in [2.24, 2.45) is 0 Å². The zero-order valence-corrected chi connectivity index (χ0v) is 16.9. The highest BCUT2D eigenvalue weighted by Crippen LogP contribution is 2.36. The van der Waals surface area contributed by atoms with E-state index in [2.05, 4.69) is 15.2 Å². The van der Waals surface area contributed by atoms with Gasteiger partial charge in [0.2, 0.25) is 0 Å². The second-order valence-corrected chi connectivity index (χ2v) is 7.58. The van der Waals surface area contributed by atoms with Crippen LogP contribution in [0, 0.1) is 10.1 Å². The Morgan fingerprint density at radius 3 is 2.76 bits per heavy atom. The number of rotatable bonds is 6. The van der Waals surface area contributed by atoms with Gasteiger partial charge in [0.1, 0.15) is 5.76 Å². The summed E-state index contributed by atoms with van der Waals surface area (Å²) in [6.07, 6.45) is 3.05. The molecule has 0 N–H and O–H groups in total. The third kappa shape index (κ3) is 4.12. The highest BCUT2D eigenvalue weighted by Gasteiger charge is 2.22. The molecule has 0 amide bonds. The van der Waals surface area contributed by atoms with Gasteiger partial charge in [-0.1, -0.05) is 23.2 Å². The third-order valence-electron chi connectivity index (χ3n) is 3.92. The second kappa shape index (κ2) is 8.24. The van der Waals surface area contributed by atoms with E-state index >= 15 is 0 Å². The topological polar surface area (TPSA) is 99.9 Å². The molecule has 1 aromatic carbocycles. The van der Waals surface area contributed by atoms with Crippen LogP contribution in [0.3, 0.4) is 0 Å². The molecule has 0 spiro atoms. The minimum absolute atomic E-state index is 0.115. The monoisotopic (exact) mass is 447 g/mol. The van der Waals surface area contributed by atoms with Crippen LogP contribution < -0.4 is 0 Å². The Bertz CT molecular complexity index is 1180. The minimum atomic E-state index is -0.487. The standard InChI is InChI=1S/C18H11Cl2N5O3S/c19-11-5-6-13(14(20)9-11)16-22-23-18(24(16)10-12-3-2-8-28-12)29-17-15(25(26)27)4-1-7-21-17/h1-9H,10H2. The largest absolute Gasteiger partial charge is 0.467 e. The Balaban J connectivity index is 1.80. The van der Waals surface area contributed by atoms with Crippen molar-refractivity contribution in [3.63, 3.8) is 0 Å². The number of pyridine rings is 1. The molecular weight excluding hydrogens is 437 g/mol. The molecule has 29 heavy (non-hydrogen) atoms. The van der Waals surface area contributed by atoms with E-state index in [0.29, 0.717) is 38.9 Å². The quantitative estimate of drug-likeness (QED) is 0.290. The molecule has 0 atom stereocenters. The van der Waals surface area contributed by atoms with Crippen LogP contribution in [0.2, 0.25) is 10.0 Å². The van der Waals surface area contributed by atoms with Crippen molar-refractivity contribution in [2.45, 2.75) is 16.7 Å². The number of nitrogens with zero attached hydrogens (tertiary/aromatic N) is 5. The molecule has 11 heteroatoms. The van der Waals surface area contributed by atoms with E-state index in [4.69, 9.17) is 27.6 Å². The molecule has 146 valence electrons. The summed E-state index contributed by atoms with van der Waals surface area (Å²) in [6, 6.07) is 11.5. The lowest BCUT2D eigenvalue weighted by molar-refractivity contribution is -0.388. The summed E-state index contributed by atoms with van der Waals surface area (Å²) in [5.74, 6) is 1.14. The Hall–Kier alpha value is -2.88. The minimum Gasteiger partial charge on any atom is -0.467 e. The fourth-order valence-electron chi connectivity index (χ4n) is 2.62. The van der Waals surface area contributed by atoms with Gasteiger partial charge in [0.15, 0.2) is 16.0 Å². The number of nitro groups is 1. The van der Waals surface area contributed by atoms with Crippen LogP contribution >= 0.6 is 35.0 Å². The zero-order chi connectivity index (χ0) is 20.4. The number of hydrogen-bond acceptors (Lipinski definition) is 7. The van der Waals surface area contributed by atoms with Gasteiger partial charge >= 0.3 is 5.69 Å². The fourth-order valence-corrected chi connectivity index (χ4v) is 3.99. The normalized spacial score (nSPS) is 11.0. The number of aromatic nitrogens is 4. The molecule has 3 heterocycles. The molecular formula is C18H11Cl2N5O3S.